The highest BCUT2D eigenvalue weighted by Crippen LogP contribution is 2.14. The van der Waals surface area contributed by atoms with Crippen molar-refractivity contribution in [1.29, 1.82) is 0 Å². The summed E-state index contributed by atoms with van der Waals surface area (Å²) in [6, 6.07) is 0. The third-order valence-electron chi connectivity index (χ3n) is 3.31. The van der Waals surface area contributed by atoms with Crippen LogP contribution in [0.15, 0.2) is 0 Å². The predicted octanol–water partition coefficient (Wildman–Crippen LogP) is 0.392. The molecular formula is C12H24ClN3O2. The third kappa shape index (κ3) is 6.21. The van der Waals surface area contributed by atoms with Crippen molar-refractivity contribution in [2.45, 2.75) is 25.7 Å². The molecule has 0 spiro atoms. The molecule has 1 aliphatic rings. The molecule has 6 heteroatoms. The Labute approximate surface area is 115 Å². The van der Waals surface area contributed by atoms with Gasteiger partial charge in [0.2, 0.25) is 11.8 Å². The van der Waals surface area contributed by atoms with E-state index in [4.69, 9.17) is 0 Å². The van der Waals surface area contributed by atoms with Gasteiger partial charge in [0, 0.05) is 33.5 Å². The lowest BCUT2D eigenvalue weighted by Gasteiger charge is -2.17. The second-order valence-electron chi connectivity index (χ2n) is 4.64. The topological polar surface area (TPSA) is 61.4 Å². The van der Waals surface area contributed by atoms with E-state index in [0.29, 0.717) is 25.3 Å². The first kappa shape index (κ1) is 17.2. The number of carbonyl (C=O) groups excluding carboxylic acids is 2. The molecule has 1 rings (SSSR count). The number of carbonyl (C=O) groups is 2. The second kappa shape index (κ2) is 9.16. The van der Waals surface area contributed by atoms with E-state index in [-0.39, 0.29) is 24.2 Å². The van der Waals surface area contributed by atoms with Crippen molar-refractivity contribution in [1.82, 2.24) is 15.5 Å². The van der Waals surface area contributed by atoms with Crippen LogP contribution in [0.4, 0.5) is 0 Å². The first-order valence-corrected chi connectivity index (χ1v) is 6.28. The zero-order chi connectivity index (χ0) is 12.7. The van der Waals surface area contributed by atoms with Crippen molar-refractivity contribution in [2.24, 2.45) is 5.92 Å². The molecule has 1 unspecified atom stereocenters. The molecule has 1 saturated heterocycles. The largest absolute Gasteiger partial charge is 0.359 e. The maximum absolute atomic E-state index is 11.8. The number of hydrogen-bond donors (Lipinski definition) is 2. The van der Waals surface area contributed by atoms with Crippen LogP contribution >= 0.6 is 12.4 Å². The molecule has 2 amide bonds. The maximum Gasteiger partial charge on any atom is 0.222 e. The Bertz CT molecular complexity index is 268. The van der Waals surface area contributed by atoms with E-state index < -0.39 is 0 Å². The van der Waals surface area contributed by atoms with Crippen molar-refractivity contribution in [3.8, 4) is 0 Å². The number of nitrogens with zero attached hydrogens (tertiary/aromatic N) is 1. The van der Waals surface area contributed by atoms with Gasteiger partial charge in [0.25, 0.3) is 0 Å². The highest BCUT2D eigenvalue weighted by atomic mass is 35.5. The van der Waals surface area contributed by atoms with Crippen molar-refractivity contribution < 1.29 is 9.59 Å². The van der Waals surface area contributed by atoms with E-state index in [1.807, 2.05) is 0 Å². The lowest BCUT2D eigenvalue weighted by Crippen LogP contribution is -2.31. The molecule has 5 nitrogen and oxygen atoms in total. The third-order valence-corrected chi connectivity index (χ3v) is 3.31. The summed E-state index contributed by atoms with van der Waals surface area (Å²) in [4.78, 5) is 24.5. The zero-order valence-corrected chi connectivity index (χ0v) is 12.0. The minimum Gasteiger partial charge on any atom is -0.359 e. The fourth-order valence-corrected chi connectivity index (χ4v) is 2.00. The normalized spacial score (nSPS) is 18.0. The van der Waals surface area contributed by atoms with Gasteiger partial charge < -0.3 is 15.5 Å². The highest BCUT2D eigenvalue weighted by molar-refractivity contribution is 5.85. The summed E-state index contributed by atoms with van der Waals surface area (Å²) in [6.45, 7) is 2.61. The summed E-state index contributed by atoms with van der Waals surface area (Å²) in [6.07, 6.45) is 3.10. The van der Waals surface area contributed by atoms with Gasteiger partial charge in [0.05, 0.1) is 0 Å². The Balaban J connectivity index is 0.00000289. The Morgan fingerprint density at radius 2 is 2.11 bits per heavy atom. The number of rotatable bonds is 6. The Morgan fingerprint density at radius 1 is 1.39 bits per heavy atom. The minimum atomic E-state index is -0.0235. The molecule has 1 fully saturated rings. The van der Waals surface area contributed by atoms with Crippen molar-refractivity contribution in [3.05, 3.63) is 0 Å². The molecule has 2 N–H and O–H groups in total. The van der Waals surface area contributed by atoms with E-state index in [9.17, 15) is 9.59 Å². The monoisotopic (exact) mass is 277 g/mol. The van der Waals surface area contributed by atoms with Crippen LogP contribution in [0.1, 0.15) is 25.7 Å². The predicted molar refractivity (Wildman–Crippen MR) is 73.8 cm³/mol. The fraction of sp³-hybridized carbons (Fsp3) is 0.833. The molecule has 106 valence electrons. The summed E-state index contributed by atoms with van der Waals surface area (Å²) >= 11 is 0. The molecular weight excluding hydrogens is 254 g/mol. The van der Waals surface area contributed by atoms with Crippen LogP contribution in [0.25, 0.3) is 0 Å². The molecule has 1 aliphatic heterocycles. The maximum atomic E-state index is 11.8. The number of hydrogen-bond acceptors (Lipinski definition) is 3. The number of amides is 2. The minimum absolute atomic E-state index is 0. The molecule has 0 saturated carbocycles. The molecule has 0 aromatic rings. The molecule has 1 atom stereocenters. The van der Waals surface area contributed by atoms with Crippen LogP contribution < -0.4 is 10.6 Å². The first-order valence-electron chi connectivity index (χ1n) is 6.28. The molecule has 0 bridgehead atoms. The standard InChI is InChI=1S/C12H23N3O2.ClH/c1-13-11(16)6-8-15(2)12(17)4-3-10-5-7-14-9-10;/h10,14H,3-9H2,1-2H3,(H,13,16);1H. The molecule has 0 aromatic heterocycles. The fourth-order valence-electron chi connectivity index (χ4n) is 2.00. The molecule has 0 aliphatic carbocycles. The van der Waals surface area contributed by atoms with Crippen molar-refractivity contribution in [3.63, 3.8) is 0 Å². The highest BCUT2D eigenvalue weighted by Gasteiger charge is 2.17. The summed E-state index contributed by atoms with van der Waals surface area (Å²) in [7, 11) is 3.37. The molecule has 1 heterocycles. The molecule has 0 radical (unpaired) electrons. The summed E-state index contributed by atoms with van der Waals surface area (Å²) in [5.41, 5.74) is 0. The van der Waals surface area contributed by atoms with Gasteiger partial charge in [0.1, 0.15) is 0 Å². The number of nitrogens with one attached hydrogen (secondary N) is 2. The van der Waals surface area contributed by atoms with Crippen LogP contribution in [0.3, 0.4) is 0 Å². The second-order valence-corrected chi connectivity index (χ2v) is 4.64. The average Bonchev–Trinajstić information content (AvgIpc) is 2.85. The Kier molecular flexibility index (Phi) is 8.75. The van der Waals surface area contributed by atoms with Crippen LogP contribution in [-0.2, 0) is 9.59 Å². The van der Waals surface area contributed by atoms with Gasteiger partial charge in [-0.25, -0.2) is 0 Å². The van der Waals surface area contributed by atoms with E-state index in [1.54, 1.807) is 19.0 Å². The van der Waals surface area contributed by atoms with Gasteiger partial charge in [-0.05, 0) is 31.8 Å². The van der Waals surface area contributed by atoms with Gasteiger partial charge in [-0.15, -0.1) is 12.4 Å². The summed E-state index contributed by atoms with van der Waals surface area (Å²) in [5.74, 6) is 0.761. The van der Waals surface area contributed by atoms with Crippen LogP contribution in [0.2, 0.25) is 0 Å². The van der Waals surface area contributed by atoms with Crippen LogP contribution in [-0.4, -0.2) is 50.4 Å². The van der Waals surface area contributed by atoms with E-state index in [0.717, 1.165) is 19.5 Å². The average molecular weight is 278 g/mol. The van der Waals surface area contributed by atoms with Crippen LogP contribution in [0.5, 0.6) is 0 Å². The van der Waals surface area contributed by atoms with E-state index in [2.05, 4.69) is 10.6 Å². The smallest absolute Gasteiger partial charge is 0.222 e. The zero-order valence-electron chi connectivity index (χ0n) is 11.2. The first-order chi connectivity index (χ1) is 8.13. The van der Waals surface area contributed by atoms with Gasteiger partial charge in [-0.1, -0.05) is 0 Å². The summed E-state index contributed by atoms with van der Waals surface area (Å²) < 4.78 is 0. The van der Waals surface area contributed by atoms with Gasteiger partial charge in [-0.2, -0.15) is 0 Å². The van der Waals surface area contributed by atoms with Gasteiger partial charge in [0.15, 0.2) is 0 Å². The Morgan fingerprint density at radius 3 is 2.67 bits per heavy atom. The SMILES string of the molecule is CNC(=O)CCN(C)C(=O)CCC1CCNC1.Cl. The Hall–Kier alpha value is -0.810. The molecule has 18 heavy (non-hydrogen) atoms. The lowest BCUT2D eigenvalue weighted by molar-refractivity contribution is -0.130. The quantitative estimate of drug-likeness (QED) is 0.738. The lowest BCUT2D eigenvalue weighted by atomic mass is 10.0. The van der Waals surface area contributed by atoms with Crippen molar-refractivity contribution >= 4 is 24.2 Å². The van der Waals surface area contributed by atoms with Crippen LogP contribution in [0, 0.1) is 5.92 Å². The van der Waals surface area contributed by atoms with Gasteiger partial charge in [-0.3, -0.25) is 9.59 Å². The van der Waals surface area contributed by atoms with E-state index >= 15 is 0 Å². The summed E-state index contributed by atoms with van der Waals surface area (Å²) in [5, 5.41) is 5.85. The number of halogens is 1. The molecule has 0 aromatic carbocycles. The van der Waals surface area contributed by atoms with E-state index in [1.165, 1.54) is 6.42 Å². The van der Waals surface area contributed by atoms with Crippen molar-refractivity contribution in [2.75, 3.05) is 33.7 Å². The van der Waals surface area contributed by atoms with Gasteiger partial charge >= 0.3 is 0 Å².